The topological polar surface area (TPSA) is 32.5 Å². The van der Waals surface area contributed by atoms with E-state index in [4.69, 9.17) is 5.73 Å². The summed E-state index contributed by atoms with van der Waals surface area (Å²) in [6.45, 7) is 6.73. The van der Waals surface area contributed by atoms with Crippen molar-refractivity contribution in [2.45, 2.75) is 25.9 Å². The maximum Gasteiger partial charge on any atom is 0.128 e. The lowest BCUT2D eigenvalue weighted by molar-refractivity contribution is 0.122. The summed E-state index contributed by atoms with van der Waals surface area (Å²) < 4.78 is 14.0. The normalized spacial score (nSPS) is 21.3. The van der Waals surface area contributed by atoms with E-state index in [1.807, 2.05) is 12.1 Å². The van der Waals surface area contributed by atoms with Gasteiger partial charge in [0.2, 0.25) is 0 Å². The van der Waals surface area contributed by atoms with E-state index in [-0.39, 0.29) is 5.82 Å². The lowest BCUT2D eigenvalue weighted by atomic mass is 10.1. The second-order valence-electron chi connectivity index (χ2n) is 6.15. The Morgan fingerprint density at radius 1 is 1.10 bits per heavy atom. The highest BCUT2D eigenvalue weighted by Gasteiger charge is 2.26. The third-order valence-corrected chi connectivity index (χ3v) is 4.43. The lowest BCUT2D eigenvalue weighted by Gasteiger charge is -2.34. The van der Waals surface area contributed by atoms with Gasteiger partial charge in [0, 0.05) is 51.4 Å². The van der Waals surface area contributed by atoms with E-state index in [2.05, 4.69) is 9.80 Å². The summed E-state index contributed by atoms with van der Waals surface area (Å²) in [7, 11) is 0. The number of halogens is 1. The smallest absolute Gasteiger partial charge is 0.128 e. The minimum Gasteiger partial charge on any atom is -0.326 e. The Morgan fingerprint density at radius 3 is 2.40 bits per heavy atom. The van der Waals surface area contributed by atoms with Crippen molar-refractivity contribution < 1.29 is 4.39 Å². The fourth-order valence-electron chi connectivity index (χ4n) is 2.88. The van der Waals surface area contributed by atoms with Crippen molar-refractivity contribution >= 4 is 0 Å². The van der Waals surface area contributed by atoms with Crippen LogP contribution in [0, 0.1) is 11.7 Å². The summed E-state index contributed by atoms with van der Waals surface area (Å²) >= 11 is 0. The number of piperazine rings is 1. The SMILES string of the molecule is NCc1ccc(CN2CCN(CC3CC3)CC2)c(F)c1. The first-order valence-electron chi connectivity index (χ1n) is 7.66. The standard InChI is InChI=1S/C16H24FN3/c17-16-9-14(10-18)3-4-15(16)12-20-7-5-19(6-8-20)11-13-1-2-13/h3-4,9,13H,1-2,5-8,10-12,18H2. The second kappa shape index (κ2) is 6.20. The van der Waals surface area contributed by atoms with Gasteiger partial charge >= 0.3 is 0 Å². The first kappa shape index (κ1) is 14.0. The minimum atomic E-state index is -0.117. The minimum absolute atomic E-state index is 0.117. The van der Waals surface area contributed by atoms with Crippen molar-refractivity contribution in [3.05, 3.63) is 35.1 Å². The van der Waals surface area contributed by atoms with Gasteiger partial charge in [-0.15, -0.1) is 0 Å². The van der Waals surface area contributed by atoms with Gasteiger partial charge in [0.15, 0.2) is 0 Å². The number of benzene rings is 1. The molecule has 0 spiro atoms. The Bertz CT molecular complexity index is 451. The van der Waals surface area contributed by atoms with Gasteiger partial charge in [-0.2, -0.15) is 0 Å². The molecule has 0 amide bonds. The summed E-state index contributed by atoms with van der Waals surface area (Å²) in [5.41, 5.74) is 7.18. The molecule has 0 aromatic heterocycles. The van der Waals surface area contributed by atoms with Gasteiger partial charge < -0.3 is 10.6 Å². The van der Waals surface area contributed by atoms with Crippen molar-refractivity contribution in [1.82, 2.24) is 9.80 Å². The lowest BCUT2D eigenvalue weighted by Crippen LogP contribution is -2.46. The average Bonchev–Trinajstić information content (AvgIpc) is 3.27. The van der Waals surface area contributed by atoms with Crippen LogP contribution in [0.4, 0.5) is 4.39 Å². The molecule has 3 nitrogen and oxygen atoms in total. The fraction of sp³-hybridized carbons (Fsp3) is 0.625. The Kier molecular flexibility index (Phi) is 4.34. The molecule has 1 heterocycles. The number of nitrogens with two attached hydrogens (primary N) is 1. The molecule has 1 aliphatic heterocycles. The molecule has 1 saturated heterocycles. The zero-order valence-electron chi connectivity index (χ0n) is 12.0. The molecule has 0 unspecified atom stereocenters. The van der Waals surface area contributed by atoms with E-state index >= 15 is 0 Å². The maximum atomic E-state index is 14.0. The summed E-state index contributed by atoms with van der Waals surface area (Å²) in [4.78, 5) is 4.91. The van der Waals surface area contributed by atoms with Gasteiger partial charge in [-0.1, -0.05) is 12.1 Å². The van der Waals surface area contributed by atoms with Gasteiger partial charge in [0.05, 0.1) is 0 Å². The quantitative estimate of drug-likeness (QED) is 0.891. The molecule has 1 saturated carbocycles. The van der Waals surface area contributed by atoms with Crippen LogP contribution in [-0.2, 0) is 13.1 Å². The van der Waals surface area contributed by atoms with Crippen molar-refractivity contribution in [2.24, 2.45) is 11.7 Å². The third kappa shape index (κ3) is 3.57. The second-order valence-corrected chi connectivity index (χ2v) is 6.15. The molecule has 110 valence electrons. The number of hydrogen-bond acceptors (Lipinski definition) is 3. The van der Waals surface area contributed by atoms with Crippen LogP contribution in [0.15, 0.2) is 18.2 Å². The highest BCUT2D eigenvalue weighted by molar-refractivity contribution is 5.24. The molecule has 2 N–H and O–H groups in total. The molecule has 20 heavy (non-hydrogen) atoms. The maximum absolute atomic E-state index is 14.0. The first-order valence-corrected chi connectivity index (χ1v) is 7.66. The molecule has 0 atom stereocenters. The van der Waals surface area contributed by atoms with Crippen LogP contribution in [0.5, 0.6) is 0 Å². The van der Waals surface area contributed by atoms with Gasteiger partial charge in [0.25, 0.3) is 0 Å². The summed E-state index contributed by atoms with van der Waals surface area (Å²) in [5, 5.41) is 0. The van der Waals surface area contributed by atoms with E-state index in [0.29, 0.717) is 13.1 Å². The van der Waals surface area contributed by atoms with Crippen LogP contribution < -0.4 is 5.73 Å². The Morgan fingerprint density at radius 2 is 1.80 bits per heavy atom. The molecular weight excluding hydrogens is 253 g/mol. The molecule has 4 heteroatoms. The van der Waals surface area contributed by atoms with Crippen molar-refractivity contribution in [2.75, 3.05) is 32.7 Å². The molecule has 0 radical (unpaired) electrons. The highest BCUT2D eigenvalue weighted by Crippen LogP contribution is 2.30. The van der Waals surface area contributed by atoms with Crippen LogP contribution in [0.1, 0.15) is 24.0 Å². The first-order chi connectivity index (χ1) is 9.74. The number of hydrogen-bond donors (Lipinski definition) is 1. The van der Waals surface area contributed by atoms with Crippen LogP contribution in [0.25, 0.3) is 0 Å². The van der Waals surface area contributed by atoms with Crippen LogP contribution in [-0.4, -0.2) is 42.5 Å². The van der Waals surface area contributed by atoms with Gasteiger partial charge in [-0.05, 0) is 30.4 Å². The number of nitrogens with zero attached hydrogens (tertiary/aromatic N) is 2. The van der Waals surface area contributed by atoms with Gasteiger partial charge in [-0.25, -0.2) is 4.39 Å². The predicted molar refractivity (Wildman–Crippen MR) is 78.7 cm³/mol. The molecule has 1 aromatic carbocycles. The van der Waals surface area contributed by atoms with Crippen LogP contribution in [0.2, 0.25) is 0 Å². The highest BCUT2D eigenvalue weighted by atomic mass is 19.1. The van der Waals surface area contributed by atoms with E-state index in [9.17, 15) is 4.39 Å². The summed E-state index contributed by atoms with van der Waals surface area (Å²) in [6.07, 6.45) is 2.83. The molecule has 0 bridgehead atoms. The Balaban J connectivity index is 1.51. The van der Waals surface area contributed by atoms with Crippen molar-refractivity contribution in [3.8, 4) is 0 Å². The monoisotopic (exact) mass is 277 g/mol. The predicted octanol–water partition coefficient (Wildman–Crippen LogP) is 1.81. The summed E-state index contributed by atoms with van der Waals surface area (Å²) in [5.74, 6) is 0.844. The van der Waals surface area contributed by atoms with Gasteiger partial charge in [0.1, 0.15) is 5.82 Å². The van der Waals surface area contributed by atoms with E-state index in [0.717, 1.165) is 43.2 Å². The van der Waals surface area contributed by atoms with Crippen LogP contribution >= 0.6 is 0 Å². The van der Waals surface area contributed by atoms with E-state index in [1.54, 1.807) is 6.07 Å². The van der Waals surface area contributed by atoms with Crippen molar-refractivity contribution in [3.63, 3.8) is 0 Å². The molecule has 1 aromatic rings. The largest absolute Gasteiger partial charge is 0.326 e. The summed E-state index contributed by atoms with van der Waals surface area (Å²) in [6, 6.07) is 5.38. The van der Waals surface area contributed by atoms with E-state index in [1.165, 1.54) is 19.4 Å². The number of rotatable bonds is 5. The van der Waals surface area contributed by atoms with Crippen LogP contribution in [0.3, 0.4) is 0 Å². The Labute approximate surface area is 120 Å². The molecule has 3 rings (SSSR count). The average molecular weight is 277 g/mol. The third-order valence-electron chi connectivity index (χ3n) is 4.43. The molecule has 2 fully saturated rings. The molecule has 2 aliphatic rings. The van der Waals surface area contributed by atoms with Gasteiger partial charge in [-0.3, -0.25) is 4.90 Å². The Hall–Kier alpha value is -0.970. The zero-order valence-corrected chi connectivity index (χ0v) is 12.0. The fourth-order valence-corrected chi connectivity index (χ4v) is 2.88. The zero-order chi connectivity index (χ0) is 13.9. The molecule has 1 aliphatic carbocycles. The van der Waals surface area contributed by atoms with Crippen molar-refractivity contribution in [1.29, 1.82) is 0 Å². The van der Waals surface area contributed by atoms with E-state index < -0.39 is 0 Å². The molecular formula is C16H24FN3.